The van der Waals surface area contributed by atoms with Gasteiger partial charge in [0.05, 0.1) is 0 Å². The molecule has 15 heavy (non-hydrogen) atoms. The monoisotopic (exact) mass is 280 g/mol. The van der Waals surface area contributed by atoms with Crippen molar-refractivity contribution in [2.75, 3.05) is 0 Å². The summed E-state index contributed by atoms with van der Waals surface area (Å²) >= 11 is 10.8. The molecule has 2 aliphatic rings. The Labute approximate surface area is 114 Å². The third-order valence-corrected chi connectivity index (χ3v) is 1.74. The maximum Gasteiger partial charge on any atom is 2.00 e. The second-order valence-electron chi connectivity index (χ2n) is 2.61. The van der Waals surface area contributed by atoms with Gasteiger partial charge in [-0.25, -0.2) is 0 Å². The molecule has 0 bridgehead atoms. The Morgan fingerprint density at radius 2 is 1.20 bits per heavy atom. The third kappa shape index (κ3) is 8.63. The topological polar surface area (TPSA) is 0 Å². The van der Waals surface area contributed by atoms with Crippen LogP contribution in [0.2, 0.25) is 0 Å². The summed E-state index contributed by atoms with van der Waals surface area (Å²) in [6.45, 7) is 0. The molecule has 0 nitrogen and oxygen atoms in total. The van der Waals surface area contributed by atoms with Crippen LogP contribution in [-0.4, -0.2) is 0 Å². The Morgan fingerprint density at radius 3 is 1.53 bits per heavy atom. The van der Waals surface area contributed by atoms with Gasteiger partial charge in [-0.05, 0) is 63.9 Å². The minimum atomic E-state index is 0. The largest absolute Gasteiger partial charge is 2.00 e. The van der Waals surface area contributed by atoms with E-state index in [4.69, 9.17) is 23.2 Å². The Balaban J connectivity index is 0.000000280. The second kappa shape index (κ2) is 10.0. The van der Waals surface area contributed by atoms with Crippen LogP contribution in [0.15, 0.2) is 10.6 Å². The zero-order valence-electron chi connectivity index (χ0n) is 7.88. The molecular weight excluding hydrogens is 271 g/mol. The Bertz CT molecular complexity index is 159. The summed E-state index contributed by atoms with van der Waals surface area (Å²) < 4.78 is 0.293. The standard InChI is InChI=1S/C7H5Cl2.C5H5.Fe/c8-7(9)5-6-3-1-2-4-6;1-2-4-5-3-1;/h1-5H;1-5H;/q;;+2. The molecule has 2 saturated carbocycles. The number of hydrogen-bond acceptors (Lipinski definition) is 0. The van der Waals surface area contributed by atoms with E-state index in [1.807, 2.05) is 57.8 Å². The van der Waals surface area contributed by atoms with E-state index in [1.54, 1.807) is 6.08 Å². The Morgan fingerprint density at radius 1 is 0.800 bits per heavy atom. The molecule has 0 aliphatic heterocycles. The molecule has 0 N–H and O–H groups in total. The van der Waals surface area contributed by atoms with Crippen LogP contribution in [-0.2, 0) is 17.1 Å². The molecule has 0 aromatic heterocycles. The van der Waals surface area contributed by atoms with Crippen LogP contribution < -0.4 is 0 Å². The first-order valence-electron chi connectivity index (χ1n) is 4.20. The summed E-state index contributed by atoms with van der Waals surface area (Å²) in [6.07, 6.45) is 19.4. The van der Waals surface area contributed by atoms with Gasteiger partial charge < -0.3 is 0 Å². The van der Waals surface area contributed by atoms with Crippen LogP contribution >= 0.6 is 23.2 Å². The van der Waals surface area contributed by atoms with Gasteiger partial charge in [0.2, 0.25) is 0 Å². The molecule has 2 rings (SSSR count). The minimum absolute atomic E-state index is 0. The van der Waals surface area contributed by atoms with Crippen molar-refractivity contribution >= 4 is 23.2 Å². The average molecular weight is 281 g/mol. The molecule has 0 unspecified atom stereocenters. The van der Waals surface area contributed by atoms with E-state index in [-0.39, 0.29) is 17.1 Å². The summed E-state index contributed by atoms with van der Waals surface area (Å²) in [7, 11) is 0. The molecule has 0 heterocycles. The van der Waals surface area contributed by atoms with Crippen molar-refractivity contribution in [2.45, 2.75) is 0 Å². The molecule has 0 amide bonds. The van der Waals surface area contributed by atoms with Crippen molar-refractivity contribution in [2.24, 2.45) is 0 Å². The van der Waals surface area contributed by atoms with Crippen LogP contribution in [0.1, 0.15) is 0 Å². The summed E-state index contributed by atoms with van der Waals surface area (Å²) in [4.78, 5) is 0. The van der Waals surface area contributed by atoms with Crippen LogP contribution in [0, 0.1) is 63.7 Å². The van der Waals surface area contributed by atoms with E-state index in [9.17, 15) is 0 Å². The number of hydrogen-bond donors (Lipinski definition) is 0. The average Bonchev–Trinajstić information content (AvgIpc) is 2.75. The van der Waals surface area contributed by atoms with Crippen LogP contribution in [0.4, 0.5) is 0 Å². The number of halogens is 2. The molecule has 0 spiro atoms. The fourth-order valence-corrected chi connectivity index (χ4v) is 1.18. The minimum Gasteiger partial charge on any atom is -0.0712 e. The zero-order valence-corrected chi connectivity index (χ0v) is 10.5. The third-order valence-electron chi connectivity index (χ3n) is 1.52. The van der Waals surface area contributed by atoms with Crippen molar-refractivity contribution in [3.63, 3.8) is 0 Å². The number of rotatable bonds is 1. The fraction of sp³-hybridized carbons (Fsp3) is 0. The van der Waals surface area contributed by atoms with E-state index in [1.165, 1.54) is 0 Å². The fourth-order valence-electron chi connectivity index (χ4n) is 0.932. The van der Waals surface area contributed by atoms with Gasteiger partial charge in [0.25, 0.3) is 0 Å². The SMILES string of the molecule is ClC(Cl)=C[C]1[CH][CH][CH][CH]1.[CH]1[CH][CH][CH][CH]1.[Fe+2]. The molecule has 78 valence electrons. The first-order valence-corrected chi connectivity index (χ1v) is 4.96. The normalized spacial score (nSPS) is 20.1. The molecule has 2 fully saturated rings. The predicted molar refractivity (Wildman–Crippen MR) is 61.7 cm³/mol. The van der Waals surface area contributed by atoms with Crippen molar-refractivity contribution in [3.8, 4) is 0 Å². The summed E-state index contributed by atoms with van der Waals surface area (Å²) in [6, 6.07) is 0. The van der Waals surface area contributed by atoms with Gasteiger partial charge >= 0.3 is 17.1 Å². The van der Waals surface area contributed by atoms with Gasteiger partial charge in [-0.1, -0.05) is 23.2 Å². The van der Waals surface area contributed by atoms with E-state index < -0.39 is 0 Å². The van der Waals surface area contributed by atoms with Crippen LogP contribution in [0.25, 0.3) is 0 Å². The molecular formula is C12H10Cl2Fe+2. The first kappa shape index (κ1) is 15.8. The van der Waals surface area contributed by atoms with E-state index >= 15 is 0 Å². The molecule has 0 aromatic rings. The van der Waals surface area contributed by atoms with Crippen LogP contribution in [0.3, 0.4) is 0 Å². The van der Waals surface area contributed by atoms with Gasteiger partial charge in [-0.15, -0.1) is 0 Å². The maximum absolute atomic E-state index is 5.40. The van der Waals surface area contributed by atoms with E-state index in [0.717, 1.165) is 5.92 Å². The smallest absolute Gasteiger partial charge is 0.0712 e. The summed E-state index contributed by atoms with van der Waals surface area (Å²) in [5.41, 5.74) is 0. The molecule has 10 radical (unpaired) electrons. The zero-order chi connectivity index (χ0) is 10.2. The van der Waals surface area contributed by atoms with Gasteiger partial charge in [0.15, 0.2) is 0 Å². The molecule has 3 heteroatoms. The van der Waals surface area contributed by atoms with Gasteiger partial charge in [0.1, 0.15) is 4.49 Å². The summed E-state index contributed by atoms with van der Waals surface area (Å²) in [5, 5.41) is 0. The van der Waals surface area contributed by atoms with Crippen molar-refractivity contribution in [1.29, 1.82) is 0 Å². The Kier molecular flexibility index (Phi) is 10.6. The van der Waals surface area contributed by atoms with Gasteiger partial charge in [-0.3, -0.25) is 0 Å². The maximum atomic E-state index is 5.40. The molecule has 0 saturated heterocycles. The van der Waals surface area contributed by atoms with Crippen molar-refractivity contribution < 1.29 is 17.1 Å². The quantitative estimate of drug-likeness (QED) is 0.642. The molecule has 0 atom stereocenters. The van der Waals surface area contributed by atoms with E-state index in [0.29, 0.717) is 4.49 Å². The number of allylic oxidation sites excluding steroid dienone is 1. The van der Waals surface area contributed by atoms with Gasteiger partial charge in [-0.2, -0.15) is 0 Å². The Hall–Kier alpha value is 0.839. The molecule has 0 aromatic carbocycles. The van der Waals surface area contributed by atoms with Gasteiger partial charge in [0, 0.05) is 5.92 Å². The molecule has 2 aliphatic carbocycles. The van der Waals surface area contributed by atoms with E-state index in [2.05, 4.69) is 0 Å². The summed E-state index contributed by atoms with van der Waals surface area (Å²) in [5.74, 6) is 1.04. The van der Waals surface area contributed by atoms with Crippen molar-refractivity contribution in [3.05, 3.63) is 74.3 Å². The second-order valence-corrected chi connectivity index (χ2v) is 3.62. The van der Waals surface area contributed by atoms with Crippen LogP contribution in [0.5, 0.6) is 0 Å². The first-order chi connectivity index (χ1) is 6.79. The van der Waals surface area contributed by atoms with Crippen molar-refractivity contribution in [1.82, 2.24) is 0 Å². The predicted octanol–water partition coefficient (Wildman–Crippen LogP) is 3.73.